The van der Waals surface area contributed by atoms with Crippen molar-refractivity contribution in [3.05, 3.63) is 29.6 Å². The van der Waals surface area contributed by atoms with Crippen LogP contribution in [0, 0.1) is 0 Å². The molecule has 0 radical (unpaired) electrons. The van der Waals surface area contributed by atoms with Crippen LogP contribution in [-0.4, -0.2) is 37.8 Å². The van der Waals surface area contributed by atoms with Crippen LogP contribution in [0.4, 0.5) is 0 Å². The second-order valence-corrected chi connectivity index (χ2v) is 2.86. The standard InChI is InChI=1S/C10H12N2O4/c1-15-6-12-9(13)8-4-3-7(5-11-8)10(14)16-2/h3-5H,6H2,1-2H3,(H,12,13). The summed E-state index contributed by atoms with van der Waals surface area (Å²) < 4.78 is 9.18. The number of carbonyl (C=O) groups excluding carboxylic acids is 2. The molecule has 0 atom stereocenters. The summed E-state index contributed by atoms with van der Waals surface area (Å²) in [6.07, 6.45) is 1.29. The van der Waals surface area contributed by atoms with Crippen molar-refractivity contribution in [2.75, 3.05) is 21.0 Å². The lowest BCUT2D eigenvalue weighted by molar-refractivity contribution is 0.0599. The highest BCUT2D eigenvalue weighted by atomic mass is 16.5. The zero-order valence-corrected chi connectivity index (χ0v) is 9.02. The van der Waals surface area contributed by atoms with E-state index in [-0.39, 0.29) is 18.3 Å². The number of carbonyl (C=O) groups is 2. The fourth-order valence-electron chi connectivity index (χ4n) is 0.995. The average molecular weight is 224 g/mol. The second kappa shape index (κ2) is 5.82. The van der Waals surface area contributed by atoms with E-state index >= 15 is 0 Å². The van der Waals surface area contributed by atoms with Crippen molar-refractivity contribution in [1.29, 1.82) is 0 Å². The van der Waals surface area contributed by atoms with Gasteiger partial charge in [-0.25, -0.2) is 4.79 Å². The van der Waals surface area contributed by atoms with Crippen molar-refractivity contribution < 1.29 is 19.1 Å². The van der Waals surface area contributed by atoms with Gasteiger partial charge in [0, 0.05) is 13.3 Å². The van der Waals surface area contributed by atoms with E-state index in [1.807, 2.05) is 0 Å². The Hall–Kier alpha value is -1.95. The van der Waals surface area contributed by atoms with E-state index < -0.39 is 5.97 Å². The highest BCUT2D eigenvalue weighted by molar-refractivity contribution is 5.94. The molecule has 0 unspecified atom stereocenters. The molecule has 0 aliphatic heterocycles. The maximum Gasteiger partial charge on any atom is 0.339 e. The van der Waals surface area contributed by atoms with Gasteiger partial charge in [0.1, 0.15) is 12.4 Å². The third kappa shape index (κ3) is 3.03. The minimum Gasteiger partial charge on any atom is -0.465 e. The van der Waals surface area contributed by atoms with Gasteiger partial charge in [-0.05, 0) is 12.1 Å². The van der Waals surface area contributed by atoms with Crippen LogP contribution in [0.25, 0.3) is 0 Å². The number of hydrogen-bond donors (Lipinski definition) is 1. The number of esters is 1. The topological polar surface area (TPSA) is 77.5 Å². The summed E-state index contributed by atoms with van der Waals surface area (Å²) in [6.45, 7) is 0.110. The molecule has 1 aromatic rings. The maximum absolute atomic E-state index is 11.4. The highest BCUT2D eigenvalue weighted by Gasteiger charge is 2.09. The zero-order chi connectivity index (χ0) is 12.0. The predicted octanol–water partition coefficient (Wildman–Crippen LogP) is 0.202. The van der Waals surface area contributed by atoms with Crippen LogP contribution >= 0.6 is 0 Å². The number of methoxy groups -OCH3 is 2. The van der Waals surface area contributed by atoms with Gasteiger partial charge in [0.15, 0.2) is 0 Å². The van der Waals surface area contributed by atoms with Crippen LogP contribution in [0.5, 0.6) is 0 Å². The summed E-state index contributed by atoms with van der Waals surface area (Å²) in [5.74, 6) is -0.852. The van der Waals surface area contributed by atoms with Crippen LogP contribution < -0.4 is 5.32 Å². The molecule has 1 rings (SSSR count). The molecule has 6 heteroatoms. The third-order valence-corrected chi connectivity index (χ3v) is 1.79. The summed E-state index contributed by atoms with van der Waals surface area (Å²) >= 11 is 0. The van der Waals surface area contributed by atoms with Gasteiger partial charge in [-0.2, -0.15) is 0 Å². The van der Waals surface area contributed by atoms with E-state index in [1.165, 1.54) is 32.5 Å². The maximum atomic E-state index is 11.4. The Kier molecular flexibility index (Phi) is 4.41. The molecule has 1 aromatic heterocycles. The molecule has 0 spiro atoms. The molecule has 6 nitrogen and oxygen atoms in total. The first-order chi connectivity index (χ1) is 7.69. The first kappa shape index (κ1) is 12.1. The molecule has 86 valence electrons. The molecule has 0 fully saturated rings. The molecule has 0 saturated carbocycles. The number of aromatic nitrogens is 1. The van der Waals surface area contributed by atoms with Crippen LogP contribution in [0.1, 0.15) is 20.8 Å². The minimum atomic E-state index is -0.489. The van der Waals surface area contributed by atoms with Gasteiger partial charge in [-0.3, -0.25) is 9.78 Å². The Morgan fingerprint density at radius 3 is 2.62 bits per heavy atom. The van der Waals surface area contributed by atoms with Crippen LogP contribution in [0.15, 0.2) is 18.3 Å². The Labute approximate surface area is 92.6 Å². The summed E-state index contributed by atoms with van der Waals surface area (Å²) in [5.41, 5.74) is 0.510. The molecule has 1 heterocycles. The fourth-order valence-corrected chi connectivity index (χ4v) is 0.995. The molecular formula is C10H12N2O4. The van der Waals surface area contributed by atoms with Crippen LogP contribution in [0.2, 0.25) is 0 Å². The quantitative estimate of drug-likeness (QED) is 0.584. The van der Waals surface area contributed by atoms with Gasteiger partial charge in [-0.1, -0.05) is 0 Å². The molecular weight excluding hydrogens is 212 g/mol. The number of hydrogen-bond acceptors (Lipinski definition) is 5. The molecule has 0 aliphatic carbocycles. The Bertz CT molecular complexity index is 375. The largest absolute Gasteiger partial charge is 0.465 e. The van der Waals surface area contributed by atoms with Crippen molar-refractivity contribution in [3.8, 4) is 0 Å². The number of pyridine rings is 1. The second-order valence-electron chi connectivity index (χ2n) is 2.86. The van der Waals surface area contributed by atoms with Gasteiger partial charge in [0.05, 0.1) is 12.7 Å². The van der Waals surface area contributed by atoms with E-state index in [0.29, 0.717) is 5.56 Å². The SMILES string of the molecule is COCNC(=O)c1ccc(C(=O)OC)cn1. The first-order valence-corrected chi connectivity index (χ1v) is 4.50. The lowest BCUT2D eigenvalue weighted by Gasteiger charge is -2.03. The van der Waals surface area contributed by atoms with Gasteiger partial charge >= 0.3 is 5.97 Å². The number of amides is 1. The molecule has 16 heavy (non-hydrogen) atoms. The lowest BCUT2D eigenvalue weighted by atomic mass is 10.2. The molecule has 0 aromatic carbocycles. The van der Waals surface area contributed by atoms with Crippen LogP contribution in [0.3, 0.4) is 0 Å². The van der Waals surface area contributed by atoms with E-state index in [9.17, 15) is 9.59 Å². The van der Waals surface area contributed by atoms with E-state index in [1.54, 1.807) is 0 Å². The van der Waals surface area contributed by atoms with Gasteiger partial charge < -0.3 is 14.8 Å². The van der Waals surface area contributed by atoms with Crippen LogP contribution in [-0.2, 0) is 9.47 Å². The summed E-state index contributed by atoms with van der Waals surface area (Å²) in [6, 6.07) is 2.91. The number of nitrogens with zero attached hydrogens (tertiary/aromatic N) is 1. The smallest absolute Gasteiger partial charge is 0.339 e. The number of rotatable bonds is 4. The van der Waals surface area contributed by atoms with E-state index in [4.69, 9.17) is 0 Å². The molecule has 0 aliphatic rings. The molecule has 1 N–H and O–H groups in total. The monoisotopic (exact) mass is 224 g/mol. The molecule has 1 amide bonds. The van der Waals surface area contributed by atoms with Crippen molar-refractivity contribution >= 4 is 11.9 Å². The van der Waals surface area contributed by atoms with Gasteiger partial charge in [0.2, 0.25) is 0 Å². The zero-order valence-electron chi connectivity index (χ0n) is 9.02. The van der Waals surface area contributed by atoms with E-state index in [0.717, 1.165) is 0 Å². The Balaban J connectivity index is 2.71. The highest BCUT2D eigenvalue weighted by Crippen LogP contribution is 2.01. The summed E-state index contributed by atoms with van der Waals surface area (Å²) in [5, 5.41) is 2.47. The van der Waals surface area contributed by atoms with E-state index in [2.05, 4.69) is 19.8 Å². The van der Waals surface area contributed by atoms with Crippen molar-refractivity contribution in [2.24, 2.45) is 0 Å². The molecule has 0 bridgehead atoms. The van der Waals surface area contributed by atoms with Crippen molar-refractivity contribution in [3.63, 3.8) is 0 Å². The first-order valence-electron chi connectivity index (χ1n) is 4.50. The average Bonchev–Trinajstić information content (AvgIpc) is 2.35. The number of nitrogens with one attached hydrogen (secondary N) is 1. The normalized spacial score (nSPS) is 9.62. The third-order valence-electron chi connectivity index (χ3n) is 1.79. The van der Waals surface area contributed by atoms with Gasteiger partial charge in [-0.15, -0.1) is 0 Å². The minimum absolute atomic E-state index is 0.110. The summed E-state index contributed by atoms with van der Waals surface area (Å²) in [4.78, 5) is 26.3. The Morgan fingerprint density at radius 2 is 2.12 bits per heavy atom. The number of ether oxygens (including phenoxy) is 2. The summed E-state index contributed by atoms with van der Waals surface area (Å²) in [7, 11) is 2.75. The van der Waals surface area contributed by atoms with Crippen molar-refractivity contribution in [2.45, 2.75) is 0 Å². The molecule has 0 saturated heterocycles. The Morgan fingerprint density at radius 1 is 1.38 bits per heavy atom. The predicted molar refractivity (Wildman–Crippen MR) is 54.9 cm³/mol. The van der Waals surface area contributed by atoms with Gasteiger partial charge in [0.25, 0.3) is 5.91 Å². The lowest BCUT2D eigenvalue weighted by Crippen LogP contribution is -2.26. The van der Waals surface area contributed by atoms with Crippen molar-refractivity contribution in [1.82, 2.24) is 10.3 Å². The fraction of sp³-hybridized carbons (Fsp3) is 0.300.